The van der Waals surface area contributed by atoms with Crippen molar-refractivity contribution < 1.29 is 9.59 Å². The Balaban J connectivity index is 1.51. The fourth-order valence-corrected chi connectivity index (χ4v) is 3.45. The van der Waals surface area contributed by atoms with Crippen LogP contribution >= 0.6 is 0 Å². The highest BCUT2D eigenvalue weighted by Gasteiger charge is 2.19. The minimum absolute atomic E-state index is 0.0205. The van der Waals surface area contributed by atoms with Gasteiger partial charge in [-0.3, -0.25) is 14.3 Å². The van der Waals surface area contributed by atoms with E-state index in [2.05, 4.69) is 10.4 Å². The molecule has 1 aliphatic heterocycles. The number of amides is 2. The van der Waals surface area contributed by atoms with Crippen LogP contribution in [0.4, 0.5) is 5.69 Å². The molecule has 0 atom stereocenters. The number of aryl methyl sites for hydroxylation is 1. The molecular weight excluding hydrogens is 352 g/mol. The van der Waals surface area contributed by atoms with Gasteiger partial charge in [-0.2, -0.15) is 5.10 Å². The molecule has 1 N–H and O–H groups in total. The van der Waals surface area contributed by atoms with Crippen molar-refractivity contribution in [2.75, 3.05) is 18.4 Å². The van der Waals surface area contributed by atoms with Crippen molar-refractivity contribution in [1.82, 2.24) is 14.7 Å². The lowest BCUT2D eigenvalue weighted by molar-refractivity contribution is 0.0792. The number of aromatic nitrogens is 2. The first-order chi connectivity index (χ1) is 13.6. The van der Waals surface area contributed by atoms with Crippen molar-refractivity contribution in [3.8, 4) is 11.1 Å². The molecule has 0 aliphatic carbocycles. The second-order valence-corrected chi connectivity index (χ2v) is 7.02. The van der Waals surface area contributed by atoms with E-state index in [4.69, 9.17) is 0 Å². The van der Waals surface area contributed by atoms with Crippen LogP contribution in [-0.4, -0.2) is 39.6 Å². The van der Waals surface area contributed by atoms with Crippen LogP contribution < -0.4 is 5.32 Å². The molecule has 0 unspecified atom stereocenters. The van der Waals surface area contributed by atoms with Crippen LogP contribution in [0.3, 0.4) is 0 Å². The molecule has 1 fully saturated rings. The van der Waals surface area contributed by atoms with Crippen LogP contribution in [0.2, 0.25) is 0 Å². The minimum atomic E-state index is -0.212. The zero-order chi connectivity index (χ0) is 19.5. The molecular formula is C22H22N4O2. The molecule has 0 radical (unpaired) electrons. The third-order valence-corrected chi connectivity index (χ3v) is 4.92. The number of hydrogen-bond acceptors (Lipinski definition) is 3. The lowest BCUT2D eigenvalue weighted by Crippen LogP contribution is -2.27. The number of carbonyl (C=O) groups is 2. The average molecular weight is 374 g/mol. The summed E-state index contributed by atoms with van der Waals surface area (Å²) in [6.07, 6.45) is 5.78. The first kappa shape index (κ1) is 18.0. The fourth-order valence-electron chi connectivity index (χ4n) is 3.45. The molecule has 0 saturated carbocycles. The Labute approximate surface area is 163 Å². The van der Waals surface area contributed by atoms with Crippen molar-refractivity contribution in [3.05, 3.63) is 72.1 Å². The molecule has 28 heavy (non-hydrogen) atoms. The molecule has 3 aromatic rings. The maximum absolute atomic E-state index is 12.7. The van der Waals surface area contributed by atoms with Crippen molar-refractivity contribution in [1.29, 1.82) is 0 Å². The largest absolute Gasteiger partial charge is 0.339 e. The summed E-state index contributed by atoms with van der Waals surface area (Å²) >= 11 is 0. The van der Waals surface area contributed by atoms with Gasteiger partial charge in [0.2, 0.25) is 0 Å². The van der Waals surface area contributed by atoms with Crippen LogP contribution in [0.25, 0.3) is 11.1 Å². The molecule has 2 aromatic carbocycles. The van der Waals surface area contributed by atoms with Crippen LogP contribution in [0.15, 0.2) is 60.9 Å². The summed E-state index contributed by atoms with van der Waals surface area (Å²) in [6.45, 7) is 1.60. The van der Waals surface area contributed by atoms with Gasteiger partial charge >= 0.3 is 0 Å². The van der Waals surface area contributed by atoms with Crippen LogP contribution in [-0.2, 0) is 7.05 Å². The molecule has 6 heteroatoms. The second kappa shape index (κ2) is 7.68. The van der Waals surface area contributed by atoms with Gasteiger partial charge in [0, 0.05) is 48.7 Å². The lowest BCUT2D eigenvalue weighted by Gasteiger charge is -2.16. The van der Waals surface area contributed by atoms with E-state index in [0.717, 1.165) is 37.1 Å². The van der Waals surface area contributed by atoms with Gasteiger partial charge in [-0.05, 0) is 48.7 Å². The lowest BCUT2D eigenvalue weighted by atomic mass is 10.1. The highest BCUT2D eigenvalue weighted by Crippen LogP contribution is 2.21. The fraction of sp³-hybridized carbons (Fsp3) is 0.227. The van der Waals surface area contributed by atoms with Crippen LogP contribution in [0.1, 0.15) is 33.6 Å². The molecule has 1 aliphatic rings. The number of anilines is 1. The first-order valence-electron chi connectivity index (χ1n) is 9.40. The van der Waals surface area contributed by atoms with E-state index in [9.17, 15) is 9.59 Å². The molecule has 1 aromatic heterocycles. The van der Waals surface area contributed by atoms with E-state index in [1.54, 1.807) is 41.2 Å². The summed E-state index contributed by atoms with van der Waals surface area (Å²) in [6, 6.07) is 14.5. The van der Waals surface area contributed by atoms with Gasteiger partial charge < -0.3 is 10.2 Å². The van der Waals surface area contributed by atoms with Crippen LogP contribution in [0.5, 0.6) is 0 Å². The molecule has 2 amide bonds. The van der Waals surface area contributed by atoms with Gasteiger partial charge in [-0.15, -0.1) is 0 Å². The minimum Gasteiger partial charge on any atom is -0.339 e. The third kappa shape index (κ3) is 3.81. The quantitative estimate of drug-likeness (QED) is 0.759. The smallest absolute Gasteiger partial charge is 0.255 e. The van der Waals surface area contributed by atoms with Crippen molar-refractivity contribution >= 4 is 17.5 Å². The SMILES string of the molecule is Cn1cc(-c2cccc(C(=O)Nc3cccc(C(=O)N4CCCC4)c3)c2)cn1. The van der Waals surface area contributed by atoms with Crippen molar-refractivity contribution in [2.24, 2.45) is 7.05 Å². The average Bonchev–Trinajstić information content (AvgIpc) is 3.40. The Kier molecular flexibility index (Phi) is 4.93. The molecule has 4 rings (SSSR count). The second-order valence-electron chi connectivity index (χ2n) is 7.02. The highest BCUT2D eigenvalue weighted by molar-refractivity contribution is 6.05. The van der Waals surface area contributed by atoms with E-state index in [-0.39, 0.29) is 11.8 Å². The normalized spacial score (nSPS) is 13.5. The number of carbonyl (C=O) groups excluding carboxylic acids is 2. The van der Waals surface area contributed by atoms with Crippen LogP contribution in [0, 0.1) is 0 Å². The number of hydrogen-bond donors (Lipinski definition) is 1. The Morgan fingerprint density at radius 3 is 2.46 bits per heavy atom. The Bertz CT molecular complexity index is 1020. The molecule has 0 bridgehead atoms. The van der Waals surface area contributed by atoms with Gasteiger partial charge in [0.25, 0.3) is 11.8 Å². The summed E-state index contributed by atoms with van der Waals surface area (Å²) < 4.78 is 1.73. The standard InChI is InChI=1S/C22H22N4O2/c1-25-15-19(14-23-25)16-6-4-7-17(12-16)21(27)24-20-9-5-8-18(13-20)22(28)26-10-2-3-11-26/h4-9,12-15H,2-3,10-11H2,1H3,(H,24,27). The van der Waals surface area contributed by atoms with Gasteiger partial charge in [-0.1, -0.05) is 18.2 Å². The van der Waals surface area contributed by atoms with E-state index in [1.165, 1.54) is 0 Å². The maximum atomic E-state index is 12.7. The summed E-state index contributed by atoms with van der Waals surface area (Å²) in [7, 11) is 1.86. The zero-order valence-corrected chi connectivity index (χ0v) is 15.8. The van der Waals surface area contributed by atoms with Gasteiger partial charge in [-0.25, -0.2) is 0 Å². The highest BCUT2D eigenvalue weighted by atomic mass is 16.2. The number of nitrogens with zero attached hydrogens (tertiary/aromatic N) is 3. The molecule has 142 valence electrons. The number of rotatable bonds is 4. The third-order valence-electron chi connectivity index (χ3n) is 4.92. The zero-order valence-electron chi connectivity index (χ0n) is 15.8. The van der Waals surface area contributed by atoms with Gasteiger partial charge in [0.15, 0.2) is 0 Å². The summed E-state index contributed by atoms with van der Waals surface area (Å²) in [5.74, 6) is -0.191. The summed E-state index contributed by atoms with van der Waals surface area (Å²) in [5.41, 5.74) is 3.65. The van der Waals surface area contributed by atoms with E-state index in [1.807, 2.05) is 36.3 Å². The predicted molar refractivity (Wildman–Crippen MR) is 108 cm³/mol. The first-order valence-corrected chi connectivity index (χ1v) is 9.40. The Hall–Kier alpha value is -3.41. The number of benzene rings is 2. The van der Waals surface area contributed by atoms with Gasteiger partial charge in [0.05, 0.1) is 6.20 Å². The predicted octanol–water partition coefficient (Wildman–Crippen LogP) is 3.58. The monoisotopic (exact) mass is 374 g/mol. The van der Waals surface area contributed by atoms with Crippen molar-refractivity contribution in [3.63, 3.8) is 0 Å². The molecule has 0 spiro atoms. The maximum Gasteiger partial charge on any atom is 0.255 e. The Morgan fingerprint density at radius 1 is 0.964 bits per heavy atom. The summed E-state index contributed by atoms with van der Waals surface area (Å²) in [4.78, 5) is 27.1. The van der Waals surface area contributed by atoms with Crippen molar-refractivity contribution in [2.45, 2.75) is 12.8 Å². The topological polar surface area (TPSA) is 67.2 Å². The summed E-state index contributed by atoms with van der Waals surface area (Å²) in [5, 5.41) is 7.07. The molecule has 2 heterocycles. The number of nitrogens with one attached hydrogen (secondary N) is 1. The van der Waals surface area contributed by atoms with E-state index < -0.39 is 0 Å². The molecule has 6 nitrogen and oxygen atoms in total. The number of likely N-dealkylation sites (tertiary alicyclic amines) is 1. The van der Waals surface area contributed by atoms with Gasteiger partial charge in [0.1, 0.15) is 0 Å². The van der Waals surface area contributed by atoms with E-state index >= 15 is 0 Å². The van der Waals surface area contributed by atoms with E-state index in [0.29, 0.717) is 16.8 Å². The Morgan fingerprint density at radius 2 is 1.71 bits per heavy atom. The molecule has 1 saturated heterocycles.